The topological polar surface area (TPSA) is 525 Å². The van der Waals surface area contributed by atoms with Crippen LogP contribution in [0.3, 0.4) is 0 Å². The fraction of sp³-hybridized carbons (Fsp3) is 1.00. The average molecular weight is 1240 g/mol. The second-order valence-electron chi connectivity index (χ2n) is 7.43. The van der Waals surface area contributed by atoms with Gasteiger partial charge in [-0.05, 0) is 0 Å². The Morgan fingerprint density at radius 1 is 0.260 bits per heavy atom. The molecule has 0 amide bonds. The van der Waals surface area contributed by atoms with Gasteiger partial charge in [-0.3, -0.25) is 36.6 Å². The van der Waals surface area contributed by atoms with Gasteiger partial charge in [0.25, 0.3) is 0 Å². The summed E-state index contributed by atoms with van der Waals surface area (Å²) in [6.07, 6.45) is -18.9. The van der Waals surface area contributed by atoms with Crippen molar-refractivity contribution in [3.05, 3.63) is 0 Å². The van der Waals surface area contributed by atoms with Crippen molar-refractivity contribution in [1.82, 2.24) is 0 Å². The van der Waals surface area contributed by atoms with Crippen molar-refractivity contribution < 1.29 is 156 Å². The van der Waals surface area contributed by atoms with Crippen molar-refractivity contribution >= 4 is 134 Å². The standard InChI is InChI=1S/C6H18O24P6.2FH.H4O7P2.3Sn.6H/c7-31(8,9)25-1-2(26-32(10,11)12)4(28-34(16,17)18)6(30-36(22,23)24)5(29-35(19,20)21)3(1)27-33(13,14)15;;;1-8(2,3)7-9(4,5)6;;;;;;;;;/h1-6H,(H2,7,8,9)(H2,10,11,12)(H2,13,14,15)(H2,16,17,18)(H2,19,20,21)(H2,22,23,24);2*1H;(H2,1,2,3)(H2,4,5,6);;;;;;;;;/t1-,2-,3-,4+,5-,6-;;;;;;;;;;;;. The molecule has 1 saturated carbocycles. The Morgan fingerprint density at radius 3 is 0.400 bits per heavy atom. The fourth-order valence-electron chi connectivity index (χ4n) is 2.93. The predicted octanol–water partition coefficient (Wildman–Crippen LogP) is -6.39. The van der Waals surface area contributed by atoms with Gasteiger partial charge in [-0.1, -0.05) is 0 Å². The van der Waals surface area contributed by atoms with Crippen molar-refractivity contribution in [3.8, 4) is 0 Å². The first-order valence-electron chi connectivity index (χ1n) is 9.54. The summed E-state index contributed by atoms with van der Waals surface area (Å²) >= 11 is 0. The Balaban J connectivity index is -0.000000304. The molecule has 0 aromatic carbocycles. The van der Waals surface area contributed by atoms with E-state index in [0.717, 1.165) is 0 Å². The van der Waals surface area contributed by atoms with Gasteiger partial charge in [0, 0.05) is 0 Å². The second kappa shape index (κ2) is 23.5. The molecule has 1 aliphatic rings. The zero-order valence-electron chi connectivity index (χ0n) is 23.3. The van der Waals surface area contributed by atoms with Crippen LogP contribution >= 0.6 is 62.6 Å². The van der Waals surface area contributed by atoms with Gasteiger partial charge in [-0.2, -0.15) is 4.31 Å². The first kappa shape index (κ1) is 65.0. The van der Waals surface area contributed by atoms with Crippen LogP contribution in [0.2, 0.25) is 0 Å². The van der Waals surface area contributed by atoms with Crippen molar-refractivity contribution in [2.24, 2.45) is 0 Å². The SMILES string of the molecule is F.F.O=P(O)(O)OP(=O)(O)O.O=P(O)(O)O[C@H]1[C@H](OP(=O)(O)O)[C@@H](OP(=O)(O)O)[C@H](OP(=O)(O)O)[C@@H](OP(=O)(O)O)[C@H]1OP(=O)(O)O.[SnH2].[SnH2].[SnH2]. The third kappa shape index (κ3) is 32.3. The average Bonchev–Trinajstić information content (AvgIpc) is 2.62. The molecule has 0 aromatic rings. The van der Waals surface area contributed by atoms with Crippen LogP contribution < -0.4 is 0 Å². The molecule has 0 unspecified atom stereocenters. The van der Waals surface area contributed by atoms with Crippen LogP contribution in [0.4, 0.5) is 9.41 Å². The van der Waals surface area contributed by atoms with E-state index >= 15 is 0 Å². The summed E-state index contributed by atoms with van der Waals surface area (Å²) in [5, 5.41) is 0. The third-order valence-corrected chi connectivity index (χ3v) is 8.52. The molecule has 16 N–H and O–H groups in total. The molecular weight excluding hydrogens is 1210 g/mol. The molecule has 50 heavy (non-hydrogen) atoms. The van der Waals surface area contributed by atoms with Gasteiger partial charge in [0.05, 0.1) is 0 Å². The van der Waals surface area contributed by atoms with Crippen molar-refractivity contribution in [3.63, 3.8) is 0 Å². The first-order valence-corrected chi connectivity index (χ1v) is 21.8. The van der Waals surface area contributed by atoms with E-state index < -0.39 is 99.2 Å². The molecule has 0 aliphatic heterocycles. The van der Waals surface area contributed by atoms with Crippen LogP contribution in [0.15, 0.2) is 0 Å². The van der Waals surface area contributed by atoms with E-state index in [0.29, 0.717) is 0 Å². The number of phosphoric acid groups is 8. The molecule has 1 fully saturated rings. The van der Waals surface area contributed by atoms with Gasteiger partial charge < -0.3 is 78.3 Å². The maximum absolute atomic E-state index is 11.4. The fourth-order valence-corrected chi connectivity index (χ4v) is 7.38. The van der Waals surface area contributed by atoms with Gasteiger partial charge >= 0.3 is 134 Å². The van der Waals surface area contributed by atoms with E-state index in [2.05, 4.69) is 31.5 Å². The molecule has 0 heterocycles. The van der Waals surface area contributed by atoms with Crippen LogP contribution in [-0.2, 0) is 68.0 Å². The van der Waals surface area contributed by atoms with E-state index in [-0.39, 0.29) is 81.1 Å². The number of rotatable bonds is 14. The second-order valence-corrected chi connectivity index (χ2v) is 17.2. The summed E-state index contributed by atoms with van der Waals surface area (Å²) in [7, 11) is -46.2. The van der Waals surface area contributed by atoms with Crippen molar-refractivity contribution in [2.75, 3.05) is 0 Å². The molecule has 306 valence electrons. The monoisotopic (exact) mass is 1240 g/mol. The van der Waals surface area contributed by atoms with E-state index in [4.69, 9.17) is 78.3 Å². The molecule has 31 nitrogen and oxygen atoms in total. The number of halogens is 2. The summed E-state index contributed by atoms with van der Waals surface area (Å²) < 4.78 is 115. The molecular formula is C6H30F2O31P8Sn3. The Hall–Kier alpha value is 3.18. The minimum absolute atomic E-state index is 0. The summed E-state index contributed by atoms with van der Waals surface area (Å²) in [5.41, 5.74) is 0. The van der Waals surface area contributed by atoms with Crippen LogP contribution in [0, 0.1) is 0 Å². The molecule has 0 bridgehead atoms. The van der Waals surface area contributed by atoms with Crippen LogP contribution in [0.25, 0.3) is 0 Å². The number of hydrogen-bond acceptors (Lipinski definition) is 15. The number of hydrogen-bond donors (Lipinski definition) is 16. The summed E-state index contributed by atoms with van der Waals surface area (Å²) in [6, 6.07) is 0. The Bertz CT molecular complexity index is 1150. The minimum atomic E-state index is -6.02. The molecule has 6 radical (unpaired) electrons. The molecule has 0 saturated heterocycles. The number of phosphoric ester groups is 6. The molecule has 0 aromatic heterocycles. The van der Waals surface area contributed by atoms with Gasteiger partial charge in [0.1, 0.15) is 36.6 Å². The summed E-state index contributed by atoms with van der Waals surface area (Å²) in [5.74, 6) is 0. The summed E-state index contributed by atoms with van der Waals surface area (Å²) in [6.45, 7) is 0. The van der Waals surface area contributed by atoms with E-state index in [1.54, 1.807) is 0 Å². The van der Waals surface area contributed by atoms with E-state index in [1.807, 2.05) is 0 Å². The molecule has 0 atom stereocenters. The van der Waals surface area contributed by atoms with Crippen LogP contribution in [0.1, 0.15) is 0 Å². The predicted molar refractivity (Wildman–Crippen MR) is 157 cm³/mol. The van der Waals surface area contributed by atoms with Crippen LogP contribution in [0.5, 0.6) is 0 Å². The Morgan fingerprint density at radius 2 is 0.360 bits per heavy atom. The first-order chi connectivity index (χ1) is 19.3. The summed E-state index contributed by atoms with van der Waals surface area (Å²) in [4.78, 5) is 141. The Labute approximate surface area is 324 Å². The quantitative estimate of drug-likeness (QED) is 0.0568. The third-order valence-electron chi connectivity index (χ3n) is 3.71. The van der Waals surface area contributed by atoms with Crippen molar-refractivity contribution in [1.29, 1.82) is 0 Å². The zero-order chi connectivity index (χ0) is 36.4. The van der Waals surface area contributed by atoms with Gasteiger partial charge in [-0.25, -0.2) is 36.5 Å². The van der Waals surface area contributed by atoms with Gasteiger partial charge in [0.15, 0.2) is 0 Å². The van der Waals surface area contributed by atoms with Gasteiger partial charge in [0.2, 0.25) is 0 Å². The van der Waals surface area contributed by atoms with E-state index in [1.165, 1.54) is 0 Å². The molecule has 44 heteroatoms. The Kier molecular flexibility index (Phi) is 30.6. The molecule has 0 spiro atoms. The van der Waals surface area contributed by atoms with E-state index in [9.17, 15) is 36.5 Å². The van der Waals surface area contributed by atoms with Crippen molar-refractivity contribution in [2.45, 2.75) is 36.6 Å². The molecule has 1 aliphatic carbocycles. The zero-order valence-corrected chi connectivity index (χ0v) is 42.5. The van der Waals surface area contributed by atoms with Gasteiger partial charge in [-0.15, -0.1) is 0 Å². The maximum atomic E-state index is 11.4. The van der Waals surface area contributed by atoms with Crippen LogP contribution in [-0.4, -0.2) is 187 Å². The molecule has 1 rings (SSSR count). The normalized spacial score (nSPS) is 23.6.